The Hall–Kier alpha value is 0.609. The minimum atomic E-state index is -4.67. The van der Waals surface area contributed by atoms with Crippen LogP contribution in [0.15, 0.2) is 0 Å². The fourth-order valence-electron chi connectivity index (χ4n) is 0. The molecule has 0 aliphatic carbocycles. The topological polar surface area (TPSA) is 74.6 Å². The van der Waals surface area contributed by atoms with Crippen molar-refractivity contribution in [1.29, 1.82) is 0 Å². The van der Waals surface area contributed by atoms with E-state index < -0.39 is 10.4 Å². The Bertz CT molecular complexity index is 99.2. The molecule has 0 aromatic rings. The molecule has 0 fully saturated rings. The van der Waals surface area contributed by atoms with Crippen LogP contribution in [0.4, 0.5) is 4.70 Å². The van der Waals surface area contributed by atoms with Crippen molar-refractivity contribution in [3.63, 3.8) is 0 Å². The van der Waals surface area contributed by atoms with E-state index in [0.29, 0.717) is 0 Å². The second-order valence-electron chi connectivity index (χ2n) is 0.448. The average molecular weight is 217 g/mol. The van der Waals surface area contributed by atoms with E-state index in [2.05, 4.69) is 0 Å². The van der Waals surface area contributed by atoms with Crippen LogP contribution >= 0.6 is 12.4 Å². The standard InChI is InChI=1S/ClH.Cu.F.H2O4S/c;;;1-5(2,3)4/h1H;;;(H2,1,2,3,4). The molecule has 0 heterocycles. The van der Waals surface area contributed by atoms with E-state index in [1.54, 1.807) is 0 Å². The quantitative estimate of drug-likeness (QED) is 0.448. The minimum absolute atomic E-state index is 0. The zero-order valence-electron chi connectivity index (χ0n) is 3.21. The van der Waals surface area contributed by atoms with Gasteiger partial charge in [-0.25, -0.2) is 0 Å². The van der Waals surface area contributed by atoms with Gasteiger partial charge in [0.2, 0.25) is 0 Å². The molecule has 0 saturated heterocycles. The Kier molecular flexibility index (Phi) is 22.3. The van der Waals surface area contributed by atoms with Crippen LogP contribution < -0.4 is 0 Å². The molecule has 2 radical (unpaired) electrons. The van der Waals surface area contributed by atoms with Crippen molar-refractivity contribution in [3.8, 4) is 0 Å². The summed E-state index contributed by atoms with van der Waals surface area (Å²) in [4.78, 5) is 0. The second-order valence-corrected chi connectivity index (χ2v) is 1.34. The Morgan fingerprint density at radius 2 is 1.12 bits per heavy atom. The molecule has 0 aromatic carbocycles. The summed E-state index contributed by atoms with van der Waals surface area (Å²) in [5.74, 6) is 0. The van der Waals surface area contributed by atoms with Crippen molar-refractivity contribution in [3.05, 3.63) is 0 Å². The van der Waals surface area contributed by atoms with Crippen LogP contribution in [0.1, 0.15) is 0 Å². The van der Waals surface area contributed by atoms with Crippen LogP contribution in [0.25, 0.3) is 0 Å². The van der Waals surface area contributed by atoms with Crippen molar-refractivity contribution in [2.45, 2.75) is 0 Å². The smallest absolute Gasteiger partial charge is 0.264 e. The third kappa shape index (κ3) is 560. The summed E-state index contributed by atoms with van der Waals surface area (Å²) in [7, 11) is -4.67. The van der Waals surface area contributed by atoms with Gasteiger partial charge in [-0.15, -0.1) is 12.4 Å². The monoisotopic (exact) mass is 216 g/mol. The van der Waals surface area contributed by atoms with Gasteiger partial charge in [-0.2, -0.15) is 8.42 Å². The van der Waals surface area contributed by atoms with E-state index >= 15 is 0 Å². The van der Waals surface area contributed by atoms with Gasteiger partial charge < -0.3 is 0 Å². The van der Waals surface area contributed by atoms with Gasteiger partial charge in [0, 0.05) is 21.8 Å². The molecule has 0 aliphatic heterocycles. The molecule has 0 rings (SSSR count). The molecule has 2 N–H and O–H groups in total. The van der Waals surface area contributed by atoms with Crippen LogP contribution in [0.3, 0.4) is 0 Å². The molecule has 58 valence electrons. The SMILES string of the molecule is Cl.O=S(=O)(O)O.[Cu].[F]. The molecule has 0 bridgehead atoms. The summed E-state index contributed by atoms with van der Waals surface area (Å²) in [6.07, 6.45) is 0. The van der Waals surface area contributed by atoms with E-state index in [9.17, 15) is 0 Å². The van der Waals surface area contributed by atoms with Crippen LogP contribution in [0.5, 0.6) is 0 Å². The molecule has 8 heavy (non-hydrogen) atoms. The third-order valence-electron chi connectivity index (χ3n) is 0. The number of hydrogen-bond donors (Lipinski definition) is 2. The van der Waals surface area contributed by atoms with E-state index in [4.69, 9.17) is 17.5 Å². The summed E-state index contributed by atoms with van der Waals surface area (Å²) in [6.45, 7) is 0. The third-order valence-corrected chi connectivity index (χ3v) is 0. The Balaban J connectivity index is -0.0000000267. The first-order valence-corrected chi connectivity index (χ1v) is 2.10. The van der Waals surface area contributed by atoms with Crippen molar-refractivity contribution in [1.82, 2.24) is 0 Å². The molecule has 0 atom stereocenters. The first-order chi connectivity index (χ1) is 2.00. The summed E-state index contributed by atoms with van der Waals surface area (Å²) >= 11 is 0. The maximum atomic E-state index is 8.74. The predicted octanol–water partition coefficient (Wildman–Crippen LogP) is 0.187. The molecular weight excluding hydrogens is 214 g/mol. The molecule has 0 aromatic heterocycles. The van der Waals surface area contributed by atoms with E-state index in [1.165, 1.54) is 0 Å². The van der Waals surface area contributed by atoms with Gasteiger partial charge in [-0.1, -0.05) is 0 Å². The molecule has 0 spiro atoms. The minimum Gasteiger partial charge on any atom is -0.264 e. The van der Waals surface area contributed by atoms with Gasteiger partial charge in [0.25, 0.3) is 0 Å². The Labute approximate surface area is 62.5 Å². The molecule has 0 amide bonds. The Morgan fingerprint density at radius 3 is 1.12 bits per heavy atom. The Morgan fingerprint density at radius 1 is 1.12 bits per heavy atom. The van der Waals surface area contributed by atoms with E-state index in [0.717, 1.165) is 0 Å². The van der Waals surface area contributed by atoms with Crippen molar-refractivity contribution >= 4 is 22.8 Å². The summed E-state index contributed by atoms with van der Waals surface area (Å²) in [5.41, 5.74) is 0. The van der Waals surface area contributed by atoms with Gasteiger partial charge in [-0.3, -0.25) is 9.11 Å². The predicted molar refractivity (Wildman–Crippen MR) is 22.5 cm³/mol. The normalized spacial score (nSPS) is 7.25. The summed E-state index contributed by atoms with van der Waals surface area (Å²) < 4.78 is 31.6. The van der Waals surface area contributed by atoms with E-state index in [1.807, 2.05) is 0 Å². The van der Waals surface area contributed by atoms with Gasteiger partial charge >= 0.3 is 10.4 Å². The first kappa shape index (κ1) is 23.5. The van der Waals surface area contributed by atoms with Gasteiger partial charge in [0.15, 0.2) is 0 Å². The maximum absolute atomic E-state index is 8.74. The largest absolute Gasteiger partial charge is 0.394 e. The maximum Gasteiger partial charge on any atom is 0.394 e. The average Bonchev–Trinajstić information content (AvgIpc) is 0.722. The number of rotatable bonds is 0. The molecule has 4 nitrogen and oxygen atoms in total. The fraction of sp³-hybridized carbons (Fsp3) is 0. The molecular formula is H3ClCuFO4S. The van der Waals surface area contributed by atoms with Crippen LogP contribution in [0.2, 0.25) is 0 Å². The molecule has 0 saturated carbocycles. The van der Waals surface area contributed by atoms with Crippen molar-refractivity contribution in [2.24, 2.45) is 0 Å². The fourth-order valence-corrected chi connectivity index (χ4v) is 0. The van der Waals surface area contributed by atoms with Gasteiger partial charge in [0.1, 0.15) is 0 Å². The zero-order chi connectivity index (χ0) is 4.50. The van der Waals surface area contributed by atoms with Crippen LogP contribution in [-0.4, -0.2) is 17.5 Å². The zero-order valence-corrected chi connectivity index (χ0v) is 5.78. The molecule has 0 aliphatic rings. The summed E-state index contributed by atoms with van der Waals surface area (Å²) in [6, 6.07) is 0. The van der Waals surface area contributed by atoms with Crippen molar-refractivity contribution < 1.29 is 39.3 Å². The molecule has 0 unspecified atom stereocenters. The van der Waals surface area contributed by atoms with Gasteiger partial charge in [-0.05, 0) is 0 Å². The summed E-state index contributed by atoms with van der Waals surface area (Å²) in [5, 5.41) is 0. The second kappa shape index (κ2) is 7.61. The number of hydrogen-bond acceptors (Lipinski definition) is 2. The molecule has 8 heteroatoms. The number of halogens is 2. The van der Waals surface area contributed by atoms with E-state index in [-0.39, 0.29) is 34.2 Å². The van der Waals surface area contributed by atoms with Crippen molar-refractivity contribution in [2.75, 3.05) is 0 Å². The van der Waals surface area contributed by atoms with Crippen LogP contribution in [-0.2, 0) is 27.5 Å². The van der Waals surface area contributed by atoms with Gasteiger partial charge in [0.05, 0.1) is 0 Å². The van der Waals surface area contributed by atoms with Crippen LogP contribution in [0, 0.1) is 0 Å². The first-order valence-electron chi connectivity index (χ1n) is 0.698.